The number of carbonyl (C=O) groups is 2. The molecule has 1 atom stereocenters. The van der Waals surface area contributed by atoms with Crippen molar-refractivity contribution >= 4 is 11.8 Å². The van der Waals surface area contributed by atoms with Crippen LogP contribution in [-0.4, -0.2) is 35.9 Å². The van der Waals surface area contributed by atoms with Crippen LogP contribution in [0, 0.1) is 6.92 Å². The fraction of sp³-hybridized carbons (Fsp3) is 0.310. The highest BCUT2D eigenvalue weighted by Gasteiger charge is 2.30. The van der Waals surface area contributed by atoms with Crippen LogP contribution in [0.2, 0.25) is 0 Å². The Morgan fingerprint density at radius 1 is 0.912 bits per heavy atom. The first-order valence-electron chi connectivity index (χ1n) is 11.9. The monoisotopic (exact) mass is 458 g/mol. The first kappa shape index (κ1) is 25.0. The van der Waals surface area contributed by atoms with Gasteiger partial charge < -0.3 is 15.0 Å². The number of amides is 2. The molecule has 5 heteroatoms. The van der Waals surface area contributed by atoms with Crippen LogP contribution in [0.5, 0.6) is 5.75 Å². The molecule has 0 fully saturated rings. The third kappa shape index (κ3) is 7.77. The van der Waals surface area contributed by atoms with Gasteiger partial charge in [-0.25, -0.2) is 0 Å². The minimum atomic E-state index is -0.645. The summed E-state index contributed by atoms with van der Waals surface area (Å²) in [4.78, 5) is 28.5. The summed E-state index contributed by atoms with van der Waals surface area (Å²) in [5.41, 5.74) is 3.03. The first-order valence-corrected chi connectivity index (χ1v) is 11.9. The van der Waals surface area contributed by atoms with E-state index in [4.69, 9.17) is 4.74 Å². The molecule has 0 aromatic heterocycles. The summed E-state index contributed by atoms with van der Waals surface area (Å²) >= 11 is 0. The molecule has 2 amide bonds. The fourth-order valence-electron chi connectivity index (χ4n) is 3.77. The number of ether oxygens (including phenoxy) is 1. The molecule has 0 aliphatic heterocycles. The number of hydrogen-bond acceptors (Lipinski definition) is 3. The van der Waals surface area contributed by atoms with E-state index in [1.807, 2.05) is 91.9 Å². The predicted octanol–water partition coefficient (Wildman–Crippen LogP) is 4.93. The van der Waals surface area contributed by atoms with Crippen LogP contribution in [0.15, 0.2) is 84.9 Å². The second-order valence-corrected chi connectivity index (χ2v) is 8.46. The van der Waals surface area contributed by atoms with Gasteiger partial charge in [0.05, 0.1) is 0 Å². The lowest BCUT2D eigenvalue weighted by atomic mass is 10.0. The smallest absolute Gasteiger partial charge is 0.261 e. The number of rotatable bonds is 12. The third-order valence-electron chi connectivity index (χ3n) is 5.65. The van der Waals surface area contributed by atoms with Crippen LogP contribution in [0.3, 0.4) is 0 Å². The van der Waals surface area contributed by atoms with E-state index in [0.29, 0.717) is 25.3 Å². The quantitative estimate of drug-likeness (QED) is 0.392. The van der Waals surface area contributed by atoms with Crippen LogP contribution in [0.4, 0.5) is 0 Å². The molecular weight excluding hydrogens is 424 g/mol. The van der Waals surface area contributed by atoms with Gasteiger partial charge in [-0.05, 0) is 42.2 Å². The van der Waals surface area contributed by atoms with E-state index in [-0.39, 0.29) is 18.4 Å². The molecule has 1 N–H and O–H groups in total. The van der Waals surface area contributed by atoms with Crippen molar-refractivity contribution in [3.63, 3.8) is 0 Å². The highest BCUT2D eigenvalue weighted by molar-refractivity contribution is 5.88. The predicted molar refractivity (Wildman–Crippen MR) is 136 cm³/mol. The summed E-state index contributed by atoms with van der Waals surface area (Å²) in [5.74, 6) is 0.272. The molecule has 5 nitrogen and oxygen atoms in total. The Bertz CT molecular complexity index is 1040. The molecule has 0 bridgehead atoms. The van der Waals surface area contributed by atoms with Crippen molar-refractivity contribution in [3.05, 3.63) is 102 Å². The van der Waals surface area contributed by atoms with Crippen molar-refractivity contribution in [2.45, 2.75) is 45.7 Å². The summed E-state index contributed by atoms with van der Waals surface area (Å²) in [5, 5.41) is 3.03. The molecule has 0 aliphatic carbocycles. The minimum absolute atomic E-state index is 0.135. The lowest BCUT2D eigenvalue weighted by Gasteiger charge is -2.31. The molecule has 0 aliphatic rings. The number of hydrogen-bond donors (Lipinski definition) is 1. The lowest BCUT2D eigenvalue weighted by Crippen LogP contribution is -2.51. The van der Waals surface area contributed by atoms with Gasteiger partial charge in [0.25, 0.3) is 5.91 Å². The normalized spacial score (nSPS) is 11.5. The van der Waals surface area contributed by atoms with Gasteiger partial charge in [0, 0.05) is 19.5 Å². The zero-order chi connectivity index (χ0) is 24.2. The molecule has 0 saturated heterocycles. The first-order chi connectivity index (χ1) is 16.6. The van der Waals surface area contributed by atoms with Gasteiger partial charge in [0.1, 0.15) is 11.8 Å². The molecular formula is C29H34N2O3. The van der Waals surface area contributed by atoms with E-state index in [1.165, 1.54) is 0 Å². The molecule has 0 saturated carbocycles. The van der Waals surface area contributed by atoms with Crippen molar-refractivity contribution in [2.75, 3.05) is 13.2 Å². The van der Waals surface area contributed by atoms with Crippen LogP contribution in [-0.2, 0) is 22.6 Å². The Balaban J connectivity index is 1.85. The van der Waals surface area contributed by atoms with Crippen molar-refractivity contribution in [1.82, 2.24) is 10.2 Å². The summed E-state index contributed by atoms with van der Waals surface area (Å²) in [7, 11) is 0. The van der Waals surface area contributed by atoms with Gasteiger partial charge in [-0.2, -0.15) is 0 Å². The number of benzene rings is 3. The summed E-state index contributed by atoms with van der Waals surface area (Å²) in [6.45, 7) is 4.85. The van der Waals surface area contributed by atoms with Crippen molar-refractivity contribution in [3.8, 4) is 5.75 Å². The van der Waals surface area contributed by atoms with E-state index in [1.54, 1.807) is 4.90 Å². The molecule has 0 unspecified atom stereocenters. The SMILES string of the molecule is CCCCNC(=O)[C@@H](Cc1ccccc1)N(Cc1ccccc1)C(=O)COc1cccc(C)c1. The largest absolute Gasteiger partial charge is 0.484 e. The Hall–Kier alpha value is -3.60. The van der Waals surface area contributed by atoms with E-state index in [2.05, 4.69) is 12.2 Å². The number of nitrogens with one attached hydrogen (secondary N) is 1. The number of nitrogens with zero attached hydrogens (tertiary/aromatic N) is 1. The average Bonchev–Trinajstić information content (AvgIpc) is 2.86. The van der Waals surface area contributed by atoms with Gasteiger partial charge in [-0.1, -0.05) is 86.1 Å². The molecule has 0 radical (unpaired) electrons. The second-order valence-electron chi connectivity index (χ2n) is 8.46. The molecule has 3 rings (SSSR count). The van der Waals surface area contributed by atoms with E-state index >= 15 is 0 Å². The van der Waals surface area contributed by atoms with Crippen LogP contribution >= 0.6 is 0 Å². The van der Waals surface area contributed by atoms with Crippen molar-refractivity contribution in [2.24, 2.45) is 0 Å². The second kappa shape index (κ2) is 13.2. The lowest BCUT2D eigenvalue weighted by molar-refractivity contribution is -0.142. The molecule has 0 spiro atoms. The summed E-state index contributed by atoms with van der Waals surface area (Å²) < 4.78 is 5.82. The van der Waals surface area contributed by atoms with Crippen molar-refractivity contribution < 1.29 is 14.3 Å². The number of aryl methyl sites for hydroxylation is 1. The molecule has 0 heterocycles. The minimum Gasteiger partial charge on any atom is -0.484 e. The maximum absolute atomic E-state index is 13.5. The zero-order valence-corrected chi connectivity index (χ0v) is 20.1. The molecule has 178 valence electrons. The summed E-state index contributed by atoms with van der Waals surface area (Å²) in [6, 6.07) is 26.5. The maximum atomic E-state index is 13.5. The van der Waals surface area contributed by atoms with Crippen LogP contribution in [0.1, 0.15) is 36.5 Å². The Kier molecular flexibility index (Phi) is 9.71. The number of carbonyl (C=O) groups excluding carboxylic acids is 2. The Labute approximate surface area is 202 Å². The molecule has 34 heavy (non-hydrogen) atoms. The van der Waals surface area contributed by atoms with Gasteiger partial charge >= 0.3 is 0 Å². The van der Waals surface area contributed by atoms with E-state index in [9.17, 15) is 9.59 Å². The molecule has 3 aromatic rings. The summed E-state index contributed by atoms with van der Waals surface area (Å²) in [6.07, 6.45) is 2.31. The van der Waals surface area contributed by atoms with Crippen LogP contribution in [0.25, 0.3) is 0 Å². The average molecular weight is 459 g/mol. The maximum Gasteiger partial charge on any atom is 0.261 e. The van der Waals surface area contributed by atoms with Crippen LogP contribution < -0.4 is 10.1 Å². The Morgan fingerprint density at radius 2 is 1.59 bits per heavy atom. The van der Waals surface area contributed by atoms with Gasteiger partial charge in [-0.3, -0.25) is 9.59 Å². The standard InChI is InChI=1S/C29H34N2O3/c1-3-4-18-30-29(33)27(20-24-13-7-5-8-14-24)31(21-25-15-9-6-10-16-25)28(32)22-34-26-17-11-12-23(2)19-26/h5-17,19,27H,3-4,18,20-22H2,1-2H3,(H,30,33)/t27-/m1/s1. The molecule has 3 aromatic carbocycles. The van der Waals surface area contributed by atoms with Gasteiger partial charge in [-0.15, -0.1) is 0 Å². The van der Waals surface area contributed by atoms with E-state index < -0.39 is 6.04 Å². The Morgan fingerprint density at radius 3 is 2.24 bits per heavy atom. The third-order valence-corrected chi connectivity index (χ3v) is 5.65. The van der Waals surface area contributed by atoms with Crippen molar-refractivity contribution in [1.29, 1.82) is 0 Å². The van der Waals surface area contributed by atoms with Gasteiger partial charge in [0.15, 0.2) is 6.61 Å². The fourth-order valence-corrected chi connectivity index (χ4v) is 3.77. The van der Waals surface area contributed by atoms with Gasteiger partial charge in [0.2, 0.25) is 5.91 Å². The highest BCUT2D eigenvalue weighted by atomic mass is 16.5. The topological polar surface area (TPSA) is 58.6 Å². The highest BCUT2D eigenvalue weighted by Crippen LogP contribution is 2.17. The van der Waals surface area contributed by atoms with E-state index in [0.717, 1.165) is 29.5 Å². The number of unbranched alkanes of at least 4 members (excludes halogenated alkanes) is 1. The zero-order valence-electron chi connectivity index (χ0n) is 20.1.